The van der Waals surface area contributed by atoms with Crippen molar-refractivity contribution in [3.8, 4) is 0 Å². The molecule has 3 rings (SSSR count). The zero-order valence-corrected chi connectivity index (χ0v) is 13.2. The van der Waals surface area contributed by atoms with Crippen molar-refractivity contribution in [2.75, 3.05) is 0 Å². The lowest BCUT2D eigenvalue weighted by Crippen LogP contribution is -2.22. The Hall–Kier alpha value is -3.21. The van der Waals surface area contributed by atoms with E-state index in [9.17, 15) is 4.79 Å². The molecule has 120 valence electrons. The van der Waals surface area contributed by atoms with Gasteiger partial charge in [0.15, 0.2) is 0 Å². The molecule has 0 aliphatic heterocycles. The minimum atomic E-state index is -0.159. The molecule has 0 atom stereocenters. The molecule has 0 radical (unpaired) electrons. The van der Waals surface area contributed by atoms with Crippen molar-refractivity contribution in [2.45, 2.75) is 13.1 Å². The third-order valence-corrected chi connectivity index (χ3v) is 3.53. The van der Waals surface area contributed by atoms with Crippen LogP contribution in [0.25, 0.3) is 6.08 Å². The van der Waals surface area contributed by atoms with Crippen LogP contribution in [-0.2, 0) is 17.9 Å². The highest BCUT2D eigenvalue weighted by Crippen LogP contribution is 2.05. The van der Waals surface area contributed by atoms with Crippen LogP contribution < -0.4 is 5.32 Å². The number of nitrogens with zero attached hydrogens (tertiary/aromatic N) is 3. The van der Waals surface area contributed by atoms with Gasteiger partial charge < -0.3 is 9.88 Å². The zero-order chi connectivity index (χ0) is 16.6. The Morgan fingerprint density at radius 1 is 1.12 bits per heavy atom. The Morgan fingerprint density at radius 3 is 2.79 bits per heavy atom. The average Bonchev–Trinajstić information content (AvgIpc) is 3.07. The van der Waals surface area contributed by atoms with Gasteiger partial charge in [-0.3, -0.25) is 9.78 Å². The SMILES string of the molecule is O=C(/C=C/c1cccnc1)NCc1nccn1Cc1ccccc1. The van der Waals surface area contributed by atoms with Gasteiger partial charge >= 0.3 is 0 Å². The Morgan fingerprint density at radius 2 is 2.00 bits per heavy atom. The van der Waals surface area contributed by atoms with E-state index in [2.05, 4.69) is 27.4 Å². The molecule has 5 nitrogen and oxygen atoms in total. The van der Waals surface area contributed by atoms with Gasteiger partial charge in [-0.2, -0.15) is 0 Å². The van der Waals surface area contributed by atoms with Crippen molar-refractivity contribution in [3.05, 3.63) is 90.3 Å². The summed E-state index contributed by atoms with van der Waals surface area (Å²) in [6.45, 7) is 1.12. The Labute approximate surface area is 140 Å². The number of rotatable bonds is 6. The van der Waals surface area contributed by atoms with Crippen LogP contribution in [0.2, 0.25) is 0 Å². The second-order valence-corrected chi connectivity index (χ2v) is 5.29. The predicted octanol–water partition coefficient (Wildman–Crippen LogP) is 2.66. The van der Waals surface area contributed by atoms with E-state index in [4.69, 9.17) is 0 Å². The molecule has 24 heavy (non-hydrogen) atoms. The number of carbonyl (C=O) groups excluding carboxylic acids is 1. The Bertz CT molecular complexity index is 810. The Kier molecular flexibility index (Phi) is 5.14. The maximum absolute atomic E-state index is 11.9. The molecule has 0 bridgehead atoms. The van der Waals surface area contributed by atoms with E-state index in [-0.39, 0.29) is 5.91 Å². The van der Waals surface area contributed by atoms with Gasteiger partial charge in [-0.25, -0.2) is 4.98 Å². The number of carbonyl (C=O) groups is 1. The first-order chi connectivity index (χ1) is 11.8. The van der Waals surface area contributed by atoms with Gasteiger partial charge in [0, 0.05) is 37.4 Å². The van der Waals surface area contributed by atoms with E-state index in [1.807, 2.05) is 41.1 Å². The second-order valence-electron chi connectivity index (χ2n) is 5.29. The summed E-state index contributed by atoms with van der Waals surface area (Å²) in [5, 5.41) is 2.85. The summed E-state index contributed by atoms with van der Waals surface area (Å²) in [5.74, 6) is 0.662. The number of imidazole rings is 1. The second kappa shape index (κ2) is 7.87. The molecule has 0 saturated heterocycles. The van der Waals surface area contributed by atoms with Crippen molar-refractivity contribution >= 4 is 12.0 Å². The molecule has 1 amide bonds. The molecule has 0 fully saturated rings. The summed E-state index contributed by atoms with van der Waals surface area (Å²) < 4.78 is 2.03. The topological polar surface area (TPSA) is 59.8 Å². The summed E-state index contributed by atoms with van der Waals surface area (Å²) in [6.07, 6.45) is 10.3. The molecular weight excluding hydrogens is 300 g/mol. The largest absolute Gasteiger partial charge is 0.345 e. The number of aromatic nitrogens is 3. The van der Waals surface area contributed by atoms with Crippen LogP contribution in [0.15, 0.2) is 73.3 Å². The van der Waals surface area contributed by atoms with Gasteiger partial charge in [0.25, 0.3) is 0 Å². The van der Waals surface area contributed by atoms with Crippen LogP contribution in [0, 0.1) is 0 Å². The lowest BCUT2D eigenvalue weighted by molar-refractivity contribution is -0.116. The van der Waals surface area contributed by atoms with E-state index in [0.717, 1.165) is 17.9 Å². The normalized spacial score (nSPS) is 10.8. The molecule has 2 aromatic heterocycles. The minimum absolute atomic E-state index is 0.159. The summed E-state index contributed by atoms with van der Waals surface area (Å²) in [6, 6.07) is 13.9. The first kappa shape index (κ1) is 15.7. The molecule has 0 aliphatic carbocycles. The van der Waals surface area contributed by atoms with Gasteiger partial charge in [0.05, 0.1) is 6.54 Å². The third kappa shape index (κ3) is 4.39. The number of hydrogen-bond acceptors (Lipinski definition) is 3. The summed E-state index contributed by atoms with van der Waals surface area (Å²) in [4.78, 5) is 20.2. The Balaban J connectivity index is 1.56. The fourth-order valence-corrected chi connectivity index (χ4v) is 2.30. The van der Waals surface area contributed by atoms with E-state index in [1.54, 1.807) is 24.7 Å². The van der Waals surface area contributed by atoms with Crippen LogP contribution in [0.3, 0.4) is 0 Å². The fraction of sp³-hybridized carbons (Fsp3) is 0.105. The zero-order valence-electron chi connectivity index (χ0n) is 13.2. The highest BCUT2D eigenvalue weighted by Gasteiger charge is 2.04. The average molecular weight is 318 g/mol. The first-order valence-electron chi connectivity index (χ1n) is 7.71. The molecule has 3 aromatic rings. The minimum Gasteiger partial charge on any atom is -0.345 e. The standard InChI is InChI=1S/C19H18N4O/c24-19(9-8-16-7-4-10-20-13-16)22-14-18-21-11-12-23(18)15-17-5-2-1-3-6-17/h1-13H,14-15H2,(H,22,24)/b9-8+. The third-order valence-electron chi connectivity index (χ3n) is 3.53. The summed E-state index contributed by atoms with van der Waals surface area (Å²) >= 11 is 0. The van der Waals surface area contributed by atoms with Crippen molar-refractivity contribution in [1.82, 2.24) is 19.9 Å². The van der Waals surface area contributed by atoms with Crippen LogP contribution >= 0.6 is 0 Å². The lowest BCUT2D eigenvalue weighted by atomic mass is 10.2. The number of hydrogen-bond donors (Lipinski definition) is 1. The van der Waals surface area contributed by atoms with E-state index < -0.39 is 0 Å². The molecule has 0 unspecified atom stereocenters. The van der Waals surface area contributed by atoms with Crippen LogP contribution in [-0.4, -0.2) is 20.4 Å². The van der Waals surface area contributed by atoms with Gasteiger partial charge in [-0.05, 0) is 23.3 Å². The summed E-state index contributed by atoms with van der Waals surface area (Å²) in [5.41, 5.74) is 2.08. The van der Waals surface area contributed by atoms with Gasteiger partial charge in [-0.1, -0.05) is 36.4 Å². The lowest BCUT2D eigenvalue weighted by Gasteiger charge is -2.08. The van der Waals surface area contributed by atoms with Crippen molar-refractivity contribution in [1.29, 1.82) is 0 Å². The molecule has 2 heterocycles. The van der Waals surface area contributed by atoms with Crippen molar-refractivity contribution < 1.29 is 4.79 Å². The van der Waals surface area contributed by atoms with E-state index >= 15 is 0 Å². The predicted molar refractivity (Wildman–Crippen MR) is 92.9 cm³/mol. The number of nitrogens with one attached hydrogen (secondary N) is 1. The maximum atomic E-state index is 11.9. The monoisotopic (exact) mass is 318 g/mol. The molecule has 5 heteroatoms. The molecule has 1 N–H and O–H groups in total. The molecule has 0 aliphatic rings. The molecule has 1 aromatic carbocycles. The quantitative estimate of drug-likeness (QED) is 0.711. The number of benzene rings is 1. The van der Waals surface area contributed by atoms with Crippen LogP contribution in [0.4, 0.5) is 0 Å². The first-order valence-corrected chi connectivity index (χ1v) is 7.71. The van der Waals surface area contributed by atoms with E-state index in [1.165, 1.54) is 11.6 Å². The van der Waals surface area contributed by atoms with Crippen molar-refractivity contribution in [3.63, 3.8) is 0 Å². The fourth-order valence-electron chi connectivity index (χ4n) is 2.30. The maximum Gasteiger partial charge on any atom is 0.244 e. The smallest absolute Gasteiger partial charge is 0.244 e. The van der Waals surface area contributed by atoms with Gasteiger partial charge in [0.2, 0.25) is 5.91 Å². The van der Waals surface area contributed by atoms with Crippen molar-refractivity contribution in [2.24, 2.45) is 0 Å². The van der Waals surface area contributed by atoms with E-state index in [0.29, 0.717) is 6.54 Å². The molecule has 0 spiro atoms. The summed E-state index contributed by atoms with van der Waals surface area (Å²) in [7, 11) is 0. The van der Waals surface area contributed by atoms with Crippen LogP contribution in [0.5, 0.6) is 0 Å². The van der Waals surface area contributed by atoms with Crippen LogP contribution in [0.1, 0.15) is 17.0 Å². The molecular formula is C19H18N4O. The number of amides is 1. The van der Waals surface area contributed by atoms with Gasteiger partial charge in [0.1, 0.15) is 5.82 Å². The molecule has 0 saturated carbocycles. The highest BCUT2D eigenvalue weighted by atomic mass is 16.1. The van der Waals surface area contributed by atoms with Gasteiger partial charge in [-0.15, -0.1) is 0 Å². The number of pyridine rings is 1. The highest BCUT2D eigenvalue weighted by molar-refractivity contribution is 5.91.